The number of hydrogen-bond donors (Lipinski definition) is 1. The van der Waals surface area contributed by atoms with E-state index in [2.05, 4.69) is 46.9 Å². The van der Waals surface area contributed by atoms with E-state index in [1.165, 1.54) is 31.2 Å². The Bertz CT molecular complexity index is 619. The maximum Gasteiger partial charge on any atom is 0.0717 e. The van der Waals surface area contributed by atoms with Gasteiger partial charge in [0.15, 0.2) is 0 Å². The van der Waals surface area contributed by atoms with Crippen molar-refractivity contribution < 1.29 is 4.74 Å². The monoisotopic (exact) mass is 336 g/mol. The van der Waals surface area contributed by atoms with Crippen LogP contribution in [0.25, 0.3) is 0 Å². The number of nitrogens with zero attached hydrogens (tertiary/aromatic N) is 1. The second-order valence-corrected chi connectivity index (χ2v) is 6.92. The van der Waals surface area contributed by atoms with Crippen molar-refractivity contribution in [3.05, 3.63) is 71.8 Å². The van der Waals surface area contributed by atoms with Gasteiger partial charge in [0, 0.05) is 13.2 Å². The van der Waals surface area contributed by atoms with E-state index < -0.39 is 0 Å². The smallest absolute Gasteiger partial charge is 0.0717 e. The summed E-state index contributed by atoms with van der Waals surface area (Å²) >= 11 is 0. The molecule has 0 atom stereocenters. The fraction of sp³-hybridized carbons (Fsp3) is 0.409. The van der Waals surface area contributed by atoms with Crippen LogP contribution in [-0.4, -0.2) is 19.4 Å². The molecule has 0 saturated heterocycles. The van der Waals surface area contributed by atoms with E-state index in [0.717, 1.165) is 31.2 Å². The van der Waals surface area contributed by atoms with Crippen molar-refractivity contribution in [3.63, 3.8) is 0 Å². The van der Waals surface area contributed by atoms with E-state index in [9.17, 15) is 0 Å². The first-order chi connectivity index (χ1) is 12.4. The summed E-state index contributed by atoms with van der Waals surface area (Å²) in [7, 11) is 0. The maximum absolute atomic E-state index is 5.90. The van der Waals surface area contributed by atoms with Crippen LogP contribution in [0.3, 0.4) is 0 Å². The number of ether oxygens (including phenoxy) is 1. The van der Waals surface area contributed by atoms with Crippen LogP contribution in [0.1, 0.15) is 36.8 Å². The van der Waals surface area contributed by atoms with Gasteiger partial charge in [0.1, 0.15) is 0 Å². The van der Waals surface area contributed by atoms with Gasteiger partial charge < -0.3 is 10.2 Å². The van der Waals surface area contributed by atoms with Gasteiger partial charge in [0.2, 0.25) is 0 Å². The van der Waals surface area contributed by atoms with Crippen molar-refractivity contribution >= 4 is 6.21 Å². The van der Waals surface area contributed by atoms with Gasteiger partial charge >= 0.3 is 0 Å². The van der Waals surface area contributed by atoms with Crippen molar-refractivity contribution in [1.29, 1.82) is 0 Å². The Morgan fingerprint density at radius 2 is 1.52 bits per heavy atom. The predicted octanol–water partition coefficient (Wildman–Crippen LogP) is 4.63. The van der Waals surface area contributed by atoms with Crippen molar-refractivity contribution in [3.8, 4) is 0 Å². The first-order valence-corrected chi connectivity index (χ1v) is 9.33. The highest BCUT2D eigenvalue weighted by Crippen LogP contribution is 2.28. The standard InChI is InChI=1S/C22H28N2O/c1-3-7-19(8-4-1)15-23-24-16-20-11-13-22(14-12-20)18-25-17-21-9-5-2-6-10-21/h1-10,15,20,22,24H,11-14,16-18H2/b23-15+. The first kappa shape index (κ1) is 17.7. The van der Waals surface area contributed by atoms with E-state index in [4.69, 9.17) is 4.74 Å². The third-order valence-corrected chi connectivity index (χ3v) is 4.92. The summed E-state index contributed by atoms with van der Waals surface area (Å²) in [6, 6.07) is 20.6. The van der Waals surface area contributed by atoms with E-state index in [1.807, 2.05) is 30.5 Å². The molecule has 1 fully saturated rings. The molecule has 132 valence electrons. The number of nitrogens with one attached hydrogen (secondary N) is 1. The van der Waals surface area contributed by atoms with Crippen LogP contribution in [0, 0.1) is 11.8 Å². The molecule has 3 rings (SSSR count). The molecule has 1 aliphatic carbocycles. The molecule has 0 aromatic heterocycles. The lowest BCUT2D eigenvalue weighted by molar-refractivity contribution is 0.0671. The Morgan fingerprint density at radius 3 is 2.24 bits per heavy atom. The van der Waals surface area contributed by atoms with Gasteiger partial charge in [-0.3, -0.25) is 0 Å². The summed E-state index contributed by atoms with van der Waals surface area (Å²) in [5.41, 5.74) is 5.62. The molecule has 0 heterocycles. The summed E-state index contributed by atoms with van der Waals surface area (Å²) < 4.78 is 5.90. The Balaban J connectivity index is 1.27. The second-order valence-electron chi connectivity index (χ2n) is 6.92. The van der Waals surface area contributed by atoms with Gasteiger partial charge in [0.25, 0.3) is 0 Å². The van der Waals surface area contributed by atoms with Crippen LogP contribution in [0.15, 0.2) is 65.8 Å². The lowest BCUT2D eigenvalue weighted by Gasteiger charge is -2.28. The van der Waals surface area contributed by atoms with Crippen LogP contribution in [0.4, 0.5) is 0 Å². The normalized spacial score (nSPS) is 20.6. The first-order valence-electron chi connectivity index (χ1n) is 9.33. The van der Waals surface area contributed by atoms with Crippen LogP contribution in [0.2, 0.25) is 0 Å². The van der Waals surface area contributed by atoms with Crippen LogP contribution < -0.4 is 5.43 Å². The van der Waals surface area contributed by atoms with Gasteiger partial charge in [-0.25, -0.2) is 0 Å². The molecule has 1 N–H and O–H groups in total. The summed E-state index contributed by atoms with van der Waals surface area (Å²) in [5.74, 6) is 1.45. The molecule has 2 aromatic rings. The Hall–Kier alpha value is -2.13. The van der Waals surface area contributed by atoms with E-state index in [1.54, 1.807) is 0 Å². The predicted molar refractivity (Wildman–Crippen MR) is 104 cm³/mol. The highest BCUT2D eigenvalue weighted by molar-refractivity contribution is 5.79. The van der Waals surface area contributed by atoms with E-state index in [0.29, 0.717) is 5.92 Å². The van der Waals surface area contributed by atoms with Gasteiger partial charge in [-0.15, -0.1) is 0 Å². The average Bonchev–Trinajstić information content (AvgIpc) is 2.68. The second kappa shape index (κ2) is 10.00. The van der Waals surface area contributed by atoms with Crippen molar-refractivity contribution in [2.75, 3.05) is 13.2 Å². The topological polar surface area (TPSA) is 33.6 Å². The highest BCUT2D eigenvalue weighted by Gasteiger charge is 2.20. The molecule has 1 aliphatic rings. The van der Waals surface area contributed by atoms with Crippen molar-refractivity contribution in [2.24, 2.45) is 16.9 Å². The molecule has 0 aliphatic heterocycles. The molecule has 3 nitrogen and oxygen atoms in total. The third kappa shape index (κ3) is 6.35. The van der Waals surface area contributed by atoms with Crippen LogP contribution >= 0.6 is 0 Å². The molecule has 0 spiro atoms. The summed E-state index contributed by atoms with van der Waals surface area (Å²) in [4.78, 5) is 0. The molecule has 0 amide bonds. The van der Waals surface area contributed by atoms with Gasteiger partial charge in [-0.2, -0.15) is 5.10 Å². The number of hydrogen-bond acceptors (Lipinski definition) is 3. The zero-order valence-corrected chi connectivity index (χ0v) is 14.8. The van der Waals surface area contributed by atoms with E-state index >= 15 is 0 Å². The summed E-state index contributed by atoms with van der Waals surface area (Å²) in [6.45, 7) is 2.60. The third-order valence-electron chi connectivity index (χ3n) is 4.92. The Labute approximate surface area is 151 Å². The number of rotatable bonds is 8. The number of hydrazone groups is 1. The Kier molecular flexibility index (Phi) is 7.07. The molecular weight excluding hydrogens is 308 g/mol. The lowest BCUT2D eigenvalue weighted by atomic mass is 9.82. The molecule has 0 unspecified atom stereocenters. The molecule has 3 heteroatoms. The SMILES string of the molecule is C(=N\NCC1CCC(COCc2ccccc2)CC1)/c1ccccc1. The van der Waals surface area contributed by atoms with Crippen LogP contribution in [-0.2, 0) is 11.3 Å². The van der Waals surface area contributed by atoms with Gasteiger partial charge in [-0.1, -0.05) is 60.7 Å². The molecular formula is C22H28N2O. The van der Waals surface area contributed by atoms with Crippen molar-refractivity contribution in [1.82, 2.24) is 5.43 Å². The van der Waals surface area contributed by atoms with Crippen molar-refractivity contribution in [2.45, 2.75) is 32.3 Å². The minimum absolute atomic E-state index is 0.716. The van der Waals surface area contributed by atoms with Gasteiger partial charge in [0.05, 0.1) is 12.8 Å². The molecule has 0 radical (unpaired) electrons. The fourth-order valence-electron chi connectivity index (χ4n) is 3.36. The minimum atomic E-state index is 0.716. The molecule has 1 saturated carbocycles. The zero-order chi connectivity index (χ0) is 17.2. The van der Waals surface area contributed by atoms with E-state index in [-0.39, 0.29) is 0 Å². The summed E-state index contributed by atoms with van der Waals surface area (Å²) in [5, 5.41) is 4.34. The average molecular weight is 336 g/mol. The highest BCUT2D eigenvalue weighted by atomic mass is 16.5. The summed E-state index contributed by atoms with van der Waals surface area (Å²) in [6.07, 6.45) is 6.97. The molecule has 0 bridgehead atoms. The number of benzene rings is 2. The minimum Gasteiger partial charge on any atom is -0.376 e. The largest absolute Gasteiger partial charge is 0.376 e. The van der Waals surface area contributed by atoms with Gasteiger partial charge in [-0.05, 0) is 48.6 Å². The van der Waals surface area contributed by atoms with Crippen LogP contribution in [0.5, 0.6) is 0 Å². The fourth-order valence-corrected chi connectivity index (χ4v) is 3.36. The Morgan fingerprint density at radius 1 is 0.880 bits per heavy atom. The lowest BCUT2D eigenvalue weighted by Crippen LogP contribution is -2.25. The molecule has 25 heavy (non-hydrogen) atoms. The molecule has 2 aromatic carbocycles. The quantitative estimate of drug-likeness (QED) is 0.563. The zero-order valence-electron chi connectivity index (χ0n) is 14.8. The maximum atomic E-state index is 5.90.